The average Bonchev–Trinajstić information content (AvgIpc) is 2.61. The topological polar surface area (TPSA) is 92.0 Å². The molecule has 0 saturated carbocycles. The number of nitrogens with two attached hydrogens (primary N) is 1. The van der Waals surface area contributed by atoms with E-state index in [4.69, 9.17) is 10.8 Å². The van der Waals surface area contributed by atoms with Crippen molar-refractivity contribution in [3.8, 4) is 0 Å². The molecule has 5 heteroatoms. The van der Waals surface area contributed by atoms with Crippen LogP contribution in [-0.2, 0) is 4.79 Å². The number of benzene rings is 1. The van der Waals surface area contributed by atoms with Gasteiger partial charge in [0, 0.05) is 6.20 Å². The van der Waals surface area contributed by atoms with Crippen molar-refractivity contribution in [2.24, 2.45) is 5.73 Å². The number of carboxylic acid groups (broad SMARTS) is 1. The number of fused-ring (bicyclic) bond motifs is 1. The fraction of sp³-hybridized carbons (Fsp3) is 0. The highest BCUT2D eigenvalue weighted by molar-refractivity contribution is 6.14. The van der Waals surface area contributed by atoms with Crippen LogP contribution in [0, 0.1) is 0 Å². The van der Waals surface area contributed by atoms with Crippen LogP contribution in [0.4, 0.5) is 0 Å². The Kier molecular flexibility index (Phi) is 2.13. The quantitative estimate of drug-likeness (QED) is 0.633. The summed E-state index contributed by atoms with van der Waals surface area (Å²) in [5.41, 5.74) is 6.69. The lowest BCUT2D eigenvalue weighted by molar-refractivity contribution is -0.130. The first kappa shape index (κ1) is 9.26. The minimum absolute atomic E-state index is 0.0359. The van der Waals surface area contributed by atoms with E-state index in [1.807, 2.05) is 18.2 Å². The number of carboxylic acids is 1. The van der Waals surface area contributed by atoms with Crippen molar-refractivity contribution in [1.82, 2.24) is 9.97 Å². The number of aromatic nitrogens is 2. The zero-order chi connectivity index (χ0) is 10.8. The summed E-state index contributed by atoms with van der Waals surface area (Å²) >= 11 is 0. The average molecular weight is 203 g/mol. The number of nitrogens with one attached hydrogen (secondary N) is 1. The summed E-state index contributed by atoms with van der Waals surface area (Å²) in [5.74, 6) is -0.831. The fourth-order valence-electron chi connectivity index (χ4n) is 1.33. The first-order valence-electron chi connectivity index (χ1n) is 4.32. The Morgan fingerprint density at radius 3 is 2.80 bits per heavy atom. The maximum Gasteiger partial charge on any atom is 0.340 e. The minimum atomic E-state index is -1.10. The molecule has 0 aliphatic rings. The molecule has 4 N–H and O–H groups in total. The van der Waals surface area contributed by atoms with E-state index in [1.54, 1.807) is 6.07 Å². The fourth-order valence-corrected chi connectivity index (χ4v) is 1.33. The van der Waals surface area contributed by atoms with Crippen LogP contribution in [0.25, 0.3) is 16.6 Å². The van der Waals surface area contributed by atoms with E-state index in [0.29, 0.717) is 5.52 Å². The second kappa shape index (κ2) is 3.45. The predicted molar refractivity (Wildman–Crippen MR) is 55.9 cm³/mol. The van der Waals surface area contributed by atoms with Crippen molar-refractivity contribution in [2.75, 3.05) is 0 Å². The van der Waals surface area contributed by atoms with Gasteiger partial charge in [0.05, 0.1) is 11.0 Å². The lowest BCUT2D eigenvalue weighted by Gasteiger charge is -1.94. The van der Waals surface area contributed by atoms with E-state index in [2.05, 4.69) is 9.97 Å². The maximum atomic E-state index is 10.8. The highest BCUT2D eigenvalue weighted by atomic mass is 16.4. The summed E-state index contributed by atoms with van der Waals surface area (Å²) < 4.78 is 0. The van der Waals surface area contributed by atoms with Gasteiger partial charge in [0.15, 0.2) is 0 Å². The number of aliphatic carboxylic acids is 1. The lowest BCUT2D eigenvalue weighted by atomic mass is 10.3. The molecule has 2 rings (SSSR count). The third kappa shape index (κ3) is 1.54. The van der Waals surface area contributed by atoms with Crippen LogP contribution in [0.5, 0.6) is 0 Å². The number of rotatable bonds is 2. The third-order valence-electron chi connectivity index (χ3n) is 2.04. The number of hydrogen-bond donors (Lipinski definition) is 3. The Balaban J connectivity index is 2.58. The number of para-hydroxylation sites is 2. The Morgan fingerprint density at radius 1 is 1.47 bits per heavy atom. The molecule has 0 atom stereocenters. The molecule has 2 aromatic rings. The summed E-state index contributed by atoms with van der Waals surface area (Å²) in [5, 5.41) is 8.84. The third-order valence-corrected chi connectivity index (χ3v) is 2.04. The second-order valence-corrected chi connectivity index (χ2v) is 2.99. The Labute approximate surface area is 85.2 Å². The molecule has 0 unspecified atom stereocenters. The smallest absolute Gasteiger partial charge is 0.340 e. The van der Waals surface area contributed by atoms with Gasteiger partial charge in [-0.15, -0.1) is 0 Å². The Morgan fingerprint density at radius 2 is 2.20 bits per heavy atom. The van der Waals surface area contributed by atoms with E-state index in [0.717, 1.165) is 11.7 Å². The van der Waals surface area contributed by atoms with Gasteiger partial charge in [-0.25, -0.2) is 9.78 Å². The largest absolute Gasteiger partial charge is 0.478 e. The van der Waals surface area contributed by atoms with E-state index >= 15 is 0 Å². The van der Waals surface area contributed by atoms with Crippen molar-refractivity contribution in [1.29, 1.82) is 0 Å². The molecule has 0 bridgehead atoms. The van der Waals surface area contributed by atoms with Gasteiger partial charge in [-0.2, -0.15) is 0 Å². The first-order valence-corrected chi connectivity index (χ1v) is 4.32. The van der Waals surface area contributed by atoms with Gasteiger partial charge in [0.1, 0.15) is 11.4 Å². The Hall–Kier alpha value is -2.30. The van der Waals surface area contributed by atoms with Crippen molar-refractivity contribution in [3.05, 3.63) is 36.3 Å². The molecule has 0 amide bonds. The van der Waals surface area contributed by atoms with E-state index in [1.165, 1.54) is 0 Å². The van der Waals surface area contributed by atoms with Crippen molar-refractivity contribution in [3.63, 3.8) is 0 Å². The monoisotopic (exact) mass is 203 g/mol. The number of hydrogen-bond acceptors (Lipinski definition) is 3. The summed E-state index contributed by atoms with van der Waals surface area (Å²) in [4.78, 5) is 17.8. The van der Waals surface area contributed by atoms with Crippen LogP contribution in [0.2, 0.25) is 0 Å². The van der Waals surface area contributed by atoms with Gasteiger partial charge >= 0.3 is 5.97 Å². The molecule has 1 heterocycles. The molecule has 0 aliphatic heterocycles. The number of imidazole rings is 1. The van der Waals surface area contributed by atoms with Gasteiger partial charge in [-0.1, -0.05) is 12.1 Å². The van der Waals surface area contributed by atoms with Gasteiger partial charge in [0.25, 0.3) is 0 Å². The number of carbonyl (C=O) groups is 1. The molecule has 0 saturated heterocycles. The van der Waals surface area contributed by atoms with Crippen LogP contribution in [0.15, 0.2) is 30.5 Å². The molecule has 15 heavy (non-hydrogen) atoms. The highest BCUT2D eigenvalue weighted by Crippen LogP contribution is 2.15. The van der Waals surface area contributed by atoms with Gasteiger partial charge in [0.2, 0.25) is 0 Å². The first-order chi connectivity index (χ1) is 7.22. The van der Waals surface area contributed by atoms with E-state index in [-0.39, 0.29) is 11.4 Å². The number of nitrogens with zero attached hydrogens (tertiary/aromatic N) is 1. The molecule has 76 valence electrons. The lowest BCUT2D eigenvalue weighted by Crippen LogP contribution is -2.03. The summed E-state index contributed by atoms with van der Waals surface area (Å²) in [7, 11) is 0. The highest BCUT2D eigenvalue weighted by Gasteiger charge is 2.13. The standard InChI is InChI=1S/C10H9N3O2/c11-5-6(10(14)15)9-12-7-3-1-2-4-8(7)13-9/h1-5H,11H2,(H,12,13)(H,14,15). The predicted octanol–water partition coefficient (Wildman–Crippen LogP) is 0.947. The normalized spacial score (nSPS) is 11.9. The molecule has 1 aromatic carbocycles. The number of H-pyrrole nitrogens is 1. The van der Waals surface area contributed by atoms with Crippen LogP contribution < -0.4 is 5.73 Å². The second-order valence-electron chi connectivity index (χ2n) is 2.99. The molecular formula is C10H9N3O2. The molecule has 0 radical (unpaired) electrons. The summed E-state index contributed by atoms with van der Waals surface area (Å²) in [6, 6.07) is 7.30. The van der Waals surface area contributed by atoms with Crippen molar-refractivity contribution >= 4 is 22.6 Å². The SMILES string of the molecule is NC=C(C(=O)O)c1nc2ccccc2[nH]1. The van der Waals surface area contributed by atoms with Gasteiger partial charge in [-0.05, 0) is 12.1 Å². The van der Waals surface area contributed by atoms with Gasteiger partial charge in [-0.3, -0.25) is 0 Å². The number of aromatic amines is 1. The molecule has 5 nitrogen and oxygen atoms in total. The van der Waals surface area contributed by atoms with Crippen LogP contribution in [0.3, 0.4) is 0 Å². The molecule has 0 fully saturated rings. The van der Waals surface area contributed by atoms with E-state index in [9.17, 15) is 4.79 Å². The Bertz CT molecular complexity index is 509. The summed E-state index contributed by atoms with van der Waals surface area (Å²) in [6.45, 7) is 0. The molecule has 0 spiro atoms. The van der Waals surface area contributed by atoms with Gasteiger partial charge < -0.3 is 15.8 Å². The maximum absolute atomic E-state index is 10.8. The van der Waals surface area contributed by atoms with Crippen LogP contribution >= 0.6 is 0 Å². The van der Waals surface area contributed by atoms with Crippen molar-refractivity contribution < 1.29 is 9.90 Å². The van der Waals surface area contributed by atoms with Crippen molar-refractivity contribution in [2.45, 2.75) is 0 Å². The van der Waals surface area contributed by atoms with E-state index < -0.39 is 5.97 Å². The zero-order valence-corrected chi connectivity index (χ0v) is 7.77. The van der Waals surface area contributed by atoms with Crippen LogP contribution in [0.1, 0.15) is 5.82 Å². The molecular weight excluding hydrogens is 194 g/mol. The minimum Gasteiger partial charge on any atom is -0.478 e. The molecule has 1 aromatic heterocycles. The molecule has 0 aliphatic carbocycles. The van der Waals surface area contributed by atoms with Crippen LogP contribution in [-0.4, -0.2) is 21.0 Å². The summed E-state index contributed by atoms with van der Waals surface area (Å²) in [6.07, 6.45) is 1.03. The zero-order valence-electron chi connectivity index (χ0n) is 7.77.